The Kier molecular flexibility index (Phi) is 8.58. The first-order valence-electron chi connectivity index (χ1n) is 14.2. The number of para-hydroxylation sites is 1. The minimum atomic E-state index is -0.598. The van der Waals surface area contributed by atoms with E-state index in [9.17, 15) is 9.59 Å². The van der Waals surface area contributed by atoms with Gasteiger partial charge in [0.1, 0.15) is 18.1 Å². The number of esters is 1. The Hall–Kier alpha value is -4.32. The molecule has 0 bridgehead atoms. The lowest BCUT2D eigenvalue weighted by Crippen LogP contribution is -2.36. The number of carbonyl (C=O) groups excluding carboxylic acids is 2. The molecule has 1 aliphatic carbocycles. The van der Waals surface area contributed by atoms with E-state index in [1.165, 1.54) is 0 Å². The van der Waals surface area contributed by atoms with Crippen LogP contribution in [0.3, 0.4) is 0 Å². The Bertz CT molecular complexity index is 1470. The molecule has 1 aliphatic heterocycles. The molecular weight excluding hydrogens is 514 g/mol. The van der Waals surface area contributed by atoms with Crippen molar-refractivity contribution in [3.05, 3.63) is 118 Å². The molecule has 6 nitrogen and oxygen atoms in total. The van der Waals surface area contributed by atoms with Gasteiger partial charge in [-0.25, -0.2) is 4.79 Å². The molecule has 0 unspecified atom stereocenters. The molecule has 3 aromatic carbocycles. The Balaban J connectivity index is 1.56. The zero-order valence-electron chi connectivity index (χ0n) is 24.1. The first kappa shape index (κ1) is 28.2. The van der Waals surface area contributed by atoms with Gasteiger partial charge in [0.15, 0.2) is 5.78 Å². The number of rotatable bonds is 9. The monoisotopic (exact) mass is 551 g/mol. The fourth-order valence-electron chi connectivity index (χ4n) is 5.65. The van der Waals surface area contributed by atoms with E-state index in [-0.39, 0.29) is 17.8 Å². The SMILES string of the molecule is CC[C@H](C)OC(=O)C1=C(C)NC2=C(C(=O)C[C@H](c3ccc(OC)cc3)C2)[C@H]1c1ccccc1OCc1ccccc1. The lowest BCUT2D eigenvalue weighted by atomic mass is 9.71. The second-order valence-corrected chi connectivity index (χ2v) is 10.7. The van der Waals surface area contributed by atoms with E-state index in [0.717, 1.165) is 28.1 Å². The molecule has 41 heavy (non-hydrogen) atoms. The predicted molar refractivity (Wildman–Crippen MR) is 159 cm³/mol. The Morgan fingerprint density at radius 1 is 0.976 bits per heavy atom. The number of nitrogens with one attached hydrogen (secondary N) is 1. The van der Waals surface area contributed by atoms with Crippen molar-refractivity contribution in [1.82, 2.24) is 5.32 Å². The van der Waals surface area contributed by atoms with E-state index >= 15 is 0 Å². The highest BCUT2D eigenvalue weighted by molar-refractivity contribution is 6.04. The molecule has 3 aromatic rings. The lowest BCUT2D eigenvalue weighted by Gasteiger charge is -2.37. The quantitative estimate of drug-likeness (QED) is 0.289. The van der Waals surface area contributed by atoms with Gasteiger partial charge in [-0.15, -0.1) is 0 Å². The van der Waals surface area contributed by atoms with Crippen LogP contribution < -0.4 is 14.8 Å². The van der Waals surface area contributed by atoms with Crippen LogP contribution in [-0.2, 0) is 20.9 Å². The lowest BCUT2D eigenvalue weighted by molar-refractivity contribution is -0.144. The topological polar surface area (TPSA) is 73.9 Å². The van der Waals surface area contributed by atoms with Gasteiger partial charge in [-0.05, 0) is 61.9 Å². The van der Waals surface area contributed by atoms with Crippen LogP contribution >= 0.6 is 0 Å². The van der Waals surface area contributed by atoms with Gasteiger partial charge in [0.05, 0.1) is 24.7 Å². The van der Waals surface area contributed by atoms with Crippen molar-refractivity contribution in [3.63, 3.8) is 0 Å². The van der Waals surface area contributed by atoms with Gasteiger partial charge in [0.25, 0.3) is 0 Å². The van der Waals surface area contributed by atoms with Gasteiger partial charge in [0.2, 0.25) is 0 Å². The summed E-state index contributed by atoms with van der Waals surface area (Å²) in [4.78, 5) is 27.7. The first-order valence-corrected chi connectivity index (χ1v) is 14.2. The zero-order chi connectivity index (χ0) is 28.9. The number of Topliss-reactive ketones (excluding diaryl/α,β-unsaturated/α-hetero) is 1. The molecule has 6 heteroatoms. The fraction of sp³-hybridized carbons (Fsp3) is 0.314. The molecule has 3 atom stereocenters. The normalized spacial score (nSPS) is 19.3. The summed E-state index contributed by atoms with van der Waals surface area (Å²) in [7, 11) is 1.64. The van der Waals surface area contributed by atoms with E-state index in [4.69, 9.17) is 14.2 Å². The molecule has 0 aromatic heterocycles. The number of hydrogen-bond donors (Lipinski definition) is 1. The maximum atomic E-state index is 14.0. The maximum absolute atomic E-state index is 14.0. The molecule has 2 aliphatic rings. The average Bonchev–Trinajstić information content (AvgIpc) is 2.99. The molecule has 0 saturated heterocycles. The van der Waals surface area contributed by atoms with Crippen molar-refractivity contribution in [2.24, 2.45) is 0 Å². The molecule has 0 amide bonds. The van der Waals surface area contributed by atoms with E-state index < -0.39 is 11.9 Å². The zero-order valence-corrected chi connectivity index (χ0v) is 24.1. The van der Waals surface area contributed by atoms with E-state index in [0.29, 0.717) is 48.5 Å². The highest BCUT2D eigenvalue weighted by Crippen LogP contribution is 2.48. The Morgan fingerprint density at radius 2 is 1.68 bits per heavy atom. The summed E-state index contributed by atoms with van der Waals surface area (Å²) in [6, 6.07) is 25.5. The molecule has 0 saturated carbocycles. The smallest absolute Gasteiger partial charge is 0.337 e. The van der Waals surface area contributed by atoms with Gasteiger partial charge in [0, 0.05) is 29.0 Å². The number of ketones is 1. The van der Waals surface area contributed by atoms with Crippen LogP contribution in [0.5, 0.6) is 11.5 Å². The average molecular weight is 552 g/mol. The number of dihydropyridines is 1. The predicted octanol–water partition coefficient (Wildman–Crippen LogP) is 6.98. The summed E-state index contributed by atoms with van der Waals surface area (Å²) in [5.41, 5.74) is 5.52. The highest BCUT2D eigenvalue weighted by Gasteiger charge is 2.42. The summed E-state index contributed by atoms with van der Waals surface area (Å²) >= 11 is 0. The van der Waals surface area contributed by atoms with Crippen molar-refractivity contribution in [2.75, 3.05) is 7.11 Å². The van der Waals surface area contributed by atoms with Crippen molar-refractivity contribution in [1.29, 1.82) is 0 Å². The summed E-state index contributed by atoms with van der Waals surface area (Å²) in [5.74, 6) is 0.446. The van der Waals surface area contributed by atoms with Gasteiger partial charge >= 0.3 is 5.97 Å². The molecule has 5 rings (SSSR count). The third kappa shape index (κ3) is 6.07. The van der Waals surface area contributed by atoms with Crippen molar-refractivity contribution in [2.45, 2.75) is 64.6 Å². The van der Waals surface area contributed by atoms with Crippen LogP contribution in [0, 0.1) is 0 Å². The van der Waals surface area contributed by atoms with Crippen LogP contribution in [0.25, 0.3) is 0 Å². The number of carbonyl (C=O) groups is 2. The second-order valence-electron chi connectivity index (χ2n) is 10.7. The molecule has 1 heterocycles. The number of methoxy groups -OCH3 is 1. The number of ether oxygens (including phenoxy) is 3. The molecule has 0 radical (unpaired) electrons. The van der Waals surface area contributed by atoms with E-state index in [2.05, 4.69) is 5.32 Å². The van der Waals surface area contributed by atoms with Gasteiger partial charge in [-0.1, -0.05) is 67.6 Å². The minimum absolute atomic E-state index is 0.0174. The molecule has 0 spiro atoms. The van der Waals surface area contributed by atoms with Crippen LogP contribution in [0.15, 0.2) is 101 Å². The Morgan fingerprint density at radius 3 is 2.39 bits per heavy atom. The molecule has 1 N–H and O–H groups in total. The fourth-order valence-corrected chi connectivity index (χ4v) is 5.65. The highest BCUT2D eigenvalue weighted by atomic mass is 16.5. The molecule has 0 fully saturated rings. The summed E-state index contributed by atoms with van der Waals surface area (Å²) in [6.45, 7) is 6.12. The van der Waals surface area contributed by atoms with Gasteiger partial charge in [-0.2, -0.15) is 0 Å². The summed E-state index contributed by atoms with van der Waals surface area (Å²) in [5, 5.41) is 3.44. The number of allylic oxidation sites excluding steroid dienone is 3. The van der Waals surface area contributed by atoms with E-state index in [1.54, 1.807) is 7.11 Å². The van der Waals surface area contributed by atoms with Gasteiger partial charge in [-0.3, -0.25) is 4.79 Å². The van der Waals surface area contributed by atoms with Gasteiger partial charge < -0.3 is 19.5 Å². The van der Waals surface area contributed by atoms with Crippen LogP contribution in [0.4, 0.5) is 0 Å². The van der Waals surface area contributed by atoms with Crippen LogP contribution in [-0.4, -0.2) is 25.0 Å². The largest absolute Gasteiger partial charge is 0.497 e. The Labute approximate surface area is 242 Å². The third-order valence-corrected chi connectivity index (χ3v) is 7.99. The molecular formula is C35H37NO5. The molecule has 212 valence electrons. The maximum Gasteiger partial charge on any atom is 0.337 e. The third-order valence-electron chi connectivity index (χ3n) is 7.99. The van der Waals surface area contributed by atoms with Crippen molar-refractivity contribution in [3.8, 4) is 11.5 Å². The summed E-state index contributed by atoms with van der Waals surface area (Å²) < 4.78 is 17.5. The summed E-state index contributed by atoms with van der Waals surface area (Å²) in [6.07, 6.45) is 1.46. The number of benzene rings is 3. The van der Waals surface area contributed by atoms with Crippen molar-refractivity contribution >= 4 is 11.8 Å². The van der Waals surface area contributed by atoms with Crippen LogP contribution in [0.1, 0.15) is 68.6 Å². The standard InChI is InChI=1S/C35H37NO5/c1-5-22(2)41-35(38)32-23(3)36-29-19-26(25-15-17-27(39-4)18-16-25)20-30(37)34(29)33(32)28-13-9-10-14-31(28)40-21-24-11-7-6-8-12-24/h6-18,22,26,33,36H,5,19-21H2,1-4H3/t22-,26+,33-/m0/s1. The minimum Gasteiger partial charge on any atom is -0.497 e. The second kappa shape index (κ2) is 12.5. The van der Waals surface area contributed by atoms with E-state index in [1.807, 2.05) is 99.6 Å². The van der Waals surface area contributed by atoms with Crippen molar-refractivity contribution < 1.29 is 23.8 Å². The first-order chi connectivity index (χ1) is 19.9. The van der Waals surface area contributed by atoms with Crippen LogP contribution in [0.2, 0.25) is 0 Å². The number of hydrogen-bond acceptors (Lipinski definition) is 6.